The van der Waals surface area contributed by atoms with Crippen LogP contribution in [0.1, 0.15) is 22.5 Å². The Labute approximate surface area is 123 Å². The van der Waals surface area contributed by atoms with E-state index in [0.717, 1.165) is 16.5 Å². The number of aryl methyl sites for hydroxylation is 1. The van der Waals surface area contributed by atoms with Crippen molar-refractivity contribution in [2.45, 2.75) is 12.8 Å². The fraction of sp³-hybridized carbons (Fsp3) is 0.111. The number of ketones is 1. The van der Waals surface area contributed by atoms with Gasteiger partial charge in [-0.1, -0.05) is 48.5 Å². The third-order valence-corrected chi connectivity index (χ3v) is 3.52. The normalized spacial score (nSPS) is 10.7. The van der Waals surface area contributed by atoms with Gasteiger partial charge in [-0.05, 0) is 24.1 Å². The molecule has 2 aromatic carbocycles. The summed E-state index contributed by atoms with van der Waals surface area (Å²) in [5.41, 5.74) is 8.97. The Hall–Kier alpha value is -2.68. The van der Waals surface area contributed by atoms with Crippen molar-refractivity contribution < 1.29 is 4.79 Å². The zero-order chi connectivity index (χ0) is 14.7. The van der Waals surface area contributed by atoms with Crippen LogP contribution in [-0.4, -0.2) is 10.8 Å². The van der Waals surface area contributed by atoms with Crippen LogP contribution in [0, 0.1) is 0 Å². The molecule has 1 aromatic heterocycles. The second-order valence-electron chi connectivity index (χ2n) is 5.02. The van der Waals surface area contributed by atoms with Crippen LogP contribution in [0.15, 0.2) is 60.7 Å². The molecule has 0 aliphatic heterocycles. The van der Waals surface area contributed by atoms with Crippen LogP contribution in [0.25, 0.3) is 10.9 Å². The van der Waals surface area contributed by atoms with Crippen molar-refractivity contribution in [3.8, 4) is 0 Å². The second kappa shape index (κ2) is 5.75. The van der Waals surface area contributed by atoms with E-state index in [0.29, 0.717) is 24.2 Å². The zero-order valence-corrected chi connectivity index (χ0v) is 11.6. The number of nitrogen functional groups attached to an aromatic ring is 1. The van der Waals surface area contributed by atoms with E-state index in [1.165, 1.54) is 0 Å². The number of hydrogen-bond donors (Lipinski definition) is 1. The molecule has 0 amide bonds. The predicted molar refractivity (Wildman–Crippen MR) is 85.2 cm³/mol. The summed E-state index contributed by atoms with van der Waals surface area (Å²) in [6, 6.07) is 19.2. The zero-order valence-electron chi connectivity index (χ0n) is 11.6. The van der Waals surface area contributed by atoms with Gasteiger partial charge in [0.25, 0.3) is 0 Å². The van der Waals surface area contributed by atoms with Gasteiger partial charge in [0.2, 0.25) is 0 Å². The molecule has 0 saturated carbocycles. The minimum Gasteiger partial charge on any atom is -0.398 e. The van der Waals surface area contributed by atoms with Crippen molar-refractivity contribution in [2.24, 2.45) is 0 Å². The number of rotatable bonds is 4. The lowest BCUT2D eigenvalue weighted by atomic mass is 10.0. The number of aromatic nitrogens is 1. The van der Waals surface area contributed by atoms with Crippen LogP contribution >= 0.6 is 0 Å². The monoisotopic (exact) mass is 276 g/mol. The summed E-state index contributed by atoms with van der Waals surface area (Å²) in [5.74, 6) is 0.0244. The Morgan fingerprint density at radius 2 is 1.71 bits per heavy atom. The molecular weight excluding hydrogens is 260 g/mol. The Morgan fingerprint density at radius 3 is 2.52 bits per heavy atom. The van der Waals surface area contributed by atoms with Gasteiger partial charge in [0.15, 0.2) is 5.78 Å². The molecule has 3 rings (SSSR count). The number of fused-ring (bicyclic) bond motifs is 1. The summed E-state index contributed by atoms with van der Waals surface area (Å²) in [4.78, 5) is 16.7. The molecule has 2 N–H and O–H groups in total. The Balaban J connectivity index is 1.81. The van der Waals surface area contributed by atoms with E-state index in [1.807, 2.05) is 54.6 Å². The molecule has 0 fully saturated rings. The first kappa shape index (κ1) is 13.3. The van der Waals surface area contributed by atoms with Gasteiger partial charge in [-0.3, -0.25) is 4.79 Å². The van der Waals surface area contributed by atoms with Gasteiger partial charge >= 0.3 is 0 Å². The molecule has 0 bridgehead atoms. The lowest BCUT2D eigenvalue weighted by molar-refractivity contribution is 0.0978. The fourth-order valence-electron chi connectivity index (χ4n) is 2.38. The van der Waals surface area contributed by atoms with E-state index in [4.69, 9.17) is 5.73 Å². The highest BCUT2D eigenvalue weighted by molar-refractivity contribution is 6.00. The number of pyridine rings is 1. The minimum atomic E-state index is 0.0244. The van der Waals surface area contributed by atoms with E-state index in [9.17, 15) is 4.79 Å². The van der Waals surface area contributed by atoms with Gasteiger partial charge in [-0.25, -0.2) is 4.98 Å². The molecule has 3 nitrogen and oxygen atoms in total. The highest BCUT2D eigenvalue weighted by Gasteiger charge is 2.10. The molecule has 0 spiro atoms. The molecule has 21 heavy (non-hydrogen) atoms. The van der Waals surface area contributed by atoms with Crippen LogP contribution in [-0.2, 0) is 6.42 Å². The first-order valence-electron chi connectivity index (χ1n) is 6.96. The number of carbonyl (C=O) groups is 1. The number of nitrogens with two attached hydrogens (primary N) is 1. The van der Waals surface area contributed by atoms with E-state index in [-0.39, 0.29) is 5.78 Å². The molecule has 0 unspecified atom stereocenters. The number of Topliss-reactive ketones (excluding diaryl/α,β-unsaturated/α-hetero) is 1. The van der Waals surface area contributed by atoms with Gasteiger partial charge < -0.3 is 5.73 Å². The van der Waals surface area contributed by atoms with Gasteiger partial charge in [0.05, 0.1) is 5.52 Å². The predicted octanol–water partition coefficient (Wildman–Crippen LogP) is 3.63. The standard InChI is InChI=1S/C18H16N2O/c19-15-12-17(20-16-9-5-4-8-14(15)16)18(21)11-10-13-6-2-1-3-7-13/h1-9,12H,10-11H2,(H2,19,20). The molecule has 0 aliphatic rings. The molecule has 3 aromatic rings. The van der Waals surface area contributed by atoms with Crippen LogP contribution in [0.4, 0.5) is 5.69 Å². The highest BCUT2D eigenvalue weighted by Crippen LogP contribution is 2.21. The number of benzene rings is 2. The van der Waals surface area contributed by atoms with Gasteiger partial charge in [-0.2, -0.15) is 0 Å². The van der Waals surface area contributed by atoms with E-state index in [1.54, 1.807) is 6.07 Å². The Kier molecular flexibility index (Phi) is 3.65. The summed E-state index contributed by atoms with van der Waals surface area (Å²) in [6.07, 6.45) is 1.16. The largest absolute Gasteiger partial charge is 0.398 e. The van der Waals surface area contributed by atoms with Crippen LogP contribution < -0.4 is 5.73 Å². The van der Waals surface area contributed by atoms with E-state index < -0.39 is 0 Å². The summed E-state index contributed by atoms with van der Waals surface area (Å²) in [7, 11) is 0. The second-order valence-corrected chi connectivity index (χ2v) is 5.02. The number of para-hydroxylation sites is 1. The molecular formula is C18H16N2O. The first-order valence-corrected chi connectivity index (χ1v) is 6.96. The Morgan fingerprint density at radius 1 is 1.00 bits per heavy atom. The highest BCUT2D eigenvalue weighted by atomic mass is 16.1. The molecule has 0 saturated heterocycles. The Bertz CT molecular complexity index is 782. The summed E-state index contributed by atoms with van der Waals surface area (Å²) in [5, 5.41) is 0.886. The lowest BCUT2D eigenvalue weighted by Crippen LogP contribution is -2.05. The quantitative estimate of drug-likeness (QED) is 0.740. The molecule has 0 radical (unpaired) electrons. The molecule has 3 heteroatoms. The maximum atomic E-state index is 12.3. The SMILES string of the molecule is Nc1cc(C(=O)CCc2ccccc2)nc2ccccc12. The van der Waals surface area contributed by atoms with Crippen LogP contribution in [0.2, 0.25) is 0 Å². The molecule has 0 aliphatic carbocycles. The molecule has 1 heterocycles. The topological polar surface area (TPSA) is 56.0 Å². The van der Waals surface area contributed by atoms with Crippen molar-refractivity contribution in [1.29, 1.82) is 0 Å². The third-order valence-electron chi connectivity index (χ3n) is 3.52. The summed E-state index contributed by atoms with van der Waals surface area (Å²) in [6.45, 7) is 0. The molecule has 104 valence electrons. The van der Waals surface area contributed by atoms with E-state index in [2.05, 4.69) is 4.98 Å². The average Bonchev–Trinajstić information content (AvgIpc) is 2.53. The van der Waals surface area contributed by atoms with Gasteiger partial charge in [0.1, 0.15) is 5.69 Å². The van der Waals surface area contributed by atoms with Crippen molar-refractivity contribution in [1.82, 2.24) is 4.98 Å². The summed E-state index contributed by atoms with van der Waals surface area (Å²) >= 11 is 0. The number of carbonyl (C=O) groups excluding carboxylic acids is 1. The fourth-order valence-corrected chi connectivity index (χ4v) is 2.38. The van der Waals surface area contributed by atoms with Crippen molar-refractivity contribution in [2.75, 3.05) is 5.73 Å². The van der Waals surface area contributed by atoms with Crippen molar-refractivity contribution in [3.63, 3.8) is 0 Å². The number of nitrogens with zero attached hydrogens (tertiary/aromatic N) is 1. The first-order chi connectivity index (χ1) is 10.2. The number of anilines is 1. The van der Waals surface area contributed by atoms with Crippen molar-refractivity contribution in [3.05, 3.63) is 71.9 Å². The average molecular weight is 276 g/mol. The van der Waals surface area contributed by atoms with Gasteiger partial charge in [0, 0.05) is 17.5 Å². The molecule has 0 atom stereocenters. The van der Waals surface area contributed by atoms with Crippen molar-refractivity contribution >= 4 is 22.4 Å². The number of hydrogen-bond acceptors (Lipinski definition) is 3. The lowest BCUT2D eigenvalue weighted by Gasteiger charge is -2.06. The maximum Gasteiger partial charge on any atom is 0.181 e. The van der Waals surface area contributed by atoms with E-state index >= 15 is 0 Å². The van der Waals surface area contributed by atoms with Gasteiger partial charge in [-0.15, -0.1) is 0 Å². The maximum absolute atomic E-state index is 12.3. The smallest absolute Gasteiger partial charge is 0.181 e. The minimum absolute atomic E-state index is 0.0244. The van der Waals surface area contributed by atoms with Crippen LogP contribution in [0.5, 0.6) is 0 Å². The van der Waals surface area contributed by atoms with Crippen LogP contribution in [0.3, 0.4) is 0 Å². The third kappa shape index (κ3) is 2.92. The summed E-state index contributed by atoms with van der Waals surface area (Å²) < 4.78 is 0.